The first-order valence-electron chi connectivity index (χ1n) is 7.83. The summed E-state index contributed by atoms with van der Waals surface area (Å²) in [5, 5.41) is 11.3. The predicted octanol–water partition coefficient (Wildman–Crippen LogP) is 2.88. The molecule has 21 heavy (non-hydrogen) atoms. The zero-order valence-electron chi connectivity index (χ0n) is 12.5. The van der Waals surface area contributed by atoms with E-state index in [4.69, 9.17) is 0 Å². The normalized spacial score (nSPS) is 17.2. The van der Waals surface area contributed by atoms with E-state index < -0.39 is 0 Å². The summed E-state index contributed by atoms with van der Waals surface area (Å²) in [6.45, 7) is 1.96. The lowest BCUT2D eigenvalue weighted by atomic mass is 10.0. The summed E-state index contributed by atoms with van der Waals surface area (Å²) in [5.41, 5.74) is 0.805. The molecule has 1 atom stereocenters. The molecule has 0 radical (unpaired) electrons. The molecule has 5 nitrogen and oxygen atoms in total. The Hall–Kier alpha value is -1.91. The number of hydrogen-bond donors (Lipinski definition) is 1. The van der Waals surface area contributed by atoms with Crippen LogP contribution in [0.15, 0.2) is 24.4 Å². The SMILES string of the molecule is CC(NC(=O)CCC1CCCC1)c1nnc2ccccn12. The molecule has 0 saturated heterocycles. The van der Waals surface area contributed by atoms with Gasteiger partial charge in [0.1, 0.15) is 0 Å². The first-order chi connectivity index (χ1) is 10.2. The minimum absolute atomic E-state index is 0.113. The molecule has 0 aromatic carbocycles. The van der Waals surface area contributed by atoms with Gasteiger partial charge in [-0.3, -0.25) is 9.20 Å². The molecule has 1 aliphatic carbocycles. The first-order valence-corrected chi connectivity index (χ1v) is 7.83. The van der Waals surface area contributed by atoms with E-state index in [-0.39, 0.29) is 11.9 Å². The number of carbonyl (C=O) groups is 1. The van der Waals surface area contributed by atoms with E-state index in [1.165, 1.54) is 25.7 Å². The van der Waals surface area contributed by atoms with Crippen LogP contribution < -0.4 is 5.32 Å². The molecule has 2 heterocycles. The van der Waals surface area contributed by atoms with E-state index in [1.807, 2.05) is 35.7 Å². The van der Waals surface area contributed by atoms with Gasteiger partial charge in [-0.1, -0.05) is 31.7 Å². The van der Waals surface area contributed by atoms with Crippen LogP contribution in [0.4, 0.5) is 0 Å². The van der Waals surface area contributed by atoms with Gasteiger partial charge in [-0.2, -0.15) is 0 Å². The van der Waals surface area contributed by atoms with E-state index in [9.17, 15) is 4.79 Å². The van der Waals surface area contributed by atoms with E-state index in [0.29, 0.717) is 6.42 Å². The fourth-order valence-electron chi connectivity index (χ4n) is 3.17. The Kier molecular flexibility index (Phi) is 4.18. The number of aromatic nitrogens is 3. The standard InChI is InChI=1S/C16H22N4O/c1-12(16-19-18-14-8-4-5-11-20(14)16)17-15(21)10-9-13-6-2-3-7-13/h4-5,8,11-13H,2-3,6-7,9-10H2,1H3,(H,17,21). The maximum absolute atomic E-state index is 12.1. The number of nitrogens with zero attached hydrogens (tertiary/aromatic N) is 3. The number of carbonyl (C=O) groups excluding carboxylic acids is 1. The van der Waals surface area contributed by atoms with Gasteiger partial charge in [-0.05, 0) is 31.4 Å². The van der Waals surface area contributed by atoms with Crippen molar-refractivity contribution in [3.8, 4) is 0 Å². The Morgan fingerprint density at radius 2 is 2.19 bits per heavy atom. The average Bonchev–Trinajstić information content (AvgIpc) is 3.14. The Morgan fingerprint density at radius 1 is 1.38 bits per heavy atom. The minimum Gasteiger partial charge on any atom is -0.346 e. The van der Waals surface area contributed by atoms with Crippen molar-refractivity contribution in [1.82, 2.24) is 19.9 Å². The van der Waals surface area contributed by atoms with Gasteiger partial charge < -0.3 is 5.32 Å². The third-order valence-electron chi connectivity index (χ3n) is 4.36. The molecule has 1 fully saturated rings. The third-order valence-corrected chi connectivity index (χ3v) is 4.36. The molecule has 0 aliphatic heterocycles. The fourth-order valence-corrected chi connectivity index (χ4v) is 3.17. The number of pyridine rings is 1. The molecule has 2 aromatic heterocycles. The summed E-state index contributed by atoms with van der Waals surface area (Å²) >= 11 is 0. The monoisotopic (exact) mass is 286 g/mol. The highest BCUT2D eigenvalue weighted by molar-refractivity contribution is 5.76. The quantitative estimate of drug-likeness (QED) is 0.919. The molecule has 3 rings (SSSR count). The maximum atomic E-state index is 12.1. The van der Waals surface area contributed by atoms with Crippen molar-refractivity contribution in [3.63, 3.8) is 0 Å². The van der Waals surface area contributed by atoms with Gasteiger partial charge >= 0.3 is 0 Å². The van der Waals surface area contributed by atoms with Crippen LogP contribution in [0.25, 0.3) is 5.65 Å². The van der Waals surface area contributed by atoms with E-state index in [0.717, 1.165) is 23.8 Å². The summed E-state index contributed by atoms with van der Waals surface area (Å²) in [6.07, 6.45) is 8.79. The molecule has 0 spiro atoms. The van der Waals surface area contributed by atoms with Gasteiger partial charge in [0.2, 0.25) is 5.91 Å². The number of amides is 1. The van der Waals surface area contributed by atoms with Gasteiger partial charge in [0.15, 0.2) is 11.5 Å². The molecular formula is C16H22N4O. The topological polar surface area (TPSA) is 59.3 Å². The molecular weight excluding hydrogens is 264 g/mol. The van der Waals surface area contributed by atoms with Crippen LogP contribution in [0.3, 0.4) is 0 Å². The zero-order chi connectivity index (χ0) is 14.7. The van der Waals surface area contributed by atoms with Gasteiger partial charge in [-0.15, -0.1) is 10.2 Å². The maximum Gasteiger partial charge on any atom is 0.220 e. The lowest BCUT2D eigenvalue weighted by Gasteiger charge is -2.13. The van der Waals surface area contributed by atoms with Crippen molar-refractivity contribution in [2.75, 3.05) is 0 Å². The molecule has 5 heteroatoms. The van der Waals surface area contributed by atoms with E-state index in [1.54, 1.807) is 0 Å². The molecule has 1 aliphatic rings. The Bertz CT molecular complexity index is 616. The average molecular weight is 286 g/mol. The second kappa shape index (κ2) is 6.24. The smallest absolute Gasteiger partial charge is 0.220 e. The van der Waals surface area contributed by atoms with Crippen LogP contribution in [0.5, 0.6) is 0 Å². The number of fused-ring (bicyclic) bond motifs is 1. The molecule has 2 aromatic rings. The summed E-state index contributed by atoms with van der Waals surface area (Å²) in [7, 11) is 0. The van der Waals surface area contributed by atoms with Crippen LogP contribution in [-0.2, 0) is 4.79 Å². The lowest BCUT2D eigenvalue weighted by Crippen LogP contribution is -2.28. The lowest BCUT2D eigenvalue weighted by molar-refractivity contribution is -0.122. The number of rotatable bonds is 5. The van der Waals surface area contributed by atoms with Gasteiger partial charge in [-0.25, -0.2) is 0 Å². The van der Waals surface area contributed by atoms with Gasteiger partial charge in [0, 0.05) is 12.6 Å². The molecule has 1 amide bonds. The zero-order valence-corrected chi connectivity index (χ0v) is 12.5. The second-order valence-corrected chi connectivity index (χ2v) is 5.97. The number of nitrogens with one attached hydrogen (secondary N) is 1. The highest BCUT2D eigenvalue weighted by Crippen LogP contribution is 2.28. The molecule has 1 N–H and O–H groups in total. The molecule has 1 saturated carbocycles. The van der Waals surface area contributed by atoms with Crippen LogP contribution >= 0.6 is 0 Å². The van der Waals surface area contributed by atoms with Crippen LogP contribution in [0, 0.1) is 5.92 Å². The summed E-state index contributed by atoms with van der Waals surface area (Å²) in [5.74, 6) is 1.64. The molecule has 0 bridgehead atoms. The predicted molar refractivity (Wildman–Crippen MR) is 80.7 cm³/mol. The number of hydrogen-bond acceptors (Lipinski definition) is 3. The van der Waals surface area contributed by atoms with Gasteiger partial charge in [0.05, 0.1) is 6.04 Å². The van der Waals surface area contributed by atoms with Crippen LogP contribution in [-0.4, -0.2) is 20.5 Å². The highest BCUT2D eigenvalue weighted by atomic mass is 16.1. The van der Waals surface area contributed by atoms with Crippen molar-refractivity contribution in [2.24, 2.45) is 5.92 Å². The largest absolute Gasteiger partial charge is 0.346 e. The first kappa shape index (κ1) is 14.0. The highest BCUT2D eigenvalue weighted by Gasteiger charge is 2.18. The molecule has 112 valence electrons. The minimum atomic E-state index is -0.126. The third kappa shape index (κ3) is 3.23. The van der Waals surface area contributed by atoms with E-state index in [2.05, 4.69) is 15.5 Å². The summed E-state index contributed by atoms with van der Waals surface area (Å²) in [4.78, 5) is 12.1. The summed E-state index contributed by atoms with van der Waals surface area (Å²) < 4.78 is 1.92. The van der Waals surface area contributed by atoms with Gasteiger partial charge in [0.25, 0.3) is 0 Å². The fraction of sp³-hybridized carbons (Fsp3) is 0.562. The Morgan fingerprint density at radius 3 is 3.00 bits per heavy atom. The van der Waals surface area contributed by atoms with Crippen molar-refractivity contribution < 1.29 is 4.79 Å². The summed E-state index contributed by atoms with van der Waals surface area (Å²) in [6, 6.07) is 5.65. The van der Waals surface area contributed by atoms with Crippen LogP contribution in [0.1, 0.15) is 57.3 Å². The van der Waals surface area contributed by atoms with Crippen molar-refractivity contribution >= 4 is 11.6 Å². The van der Waals surface area contributed by atoms with Crippen molar-refractivity contribution in [1.29, 1.82) is 0 Å². The van der Waals surface area contributed by atoms with Crippen LogP contribution in [0.2, 0.25) is 0 Å². The van der Waals surface area contributed by atoms with Crippen molar-refractivity contribution in [3.05, 3.63) is 30.2 Å². The van der Waals surface area contributed by atoms with Crippen molar-refractivity contribution in [2.45, 2.75) is 51.5 Å². The Labute approximate surface area is 124 Å². The van der Waals surface area contributed by atoms with E-state index >= 15 is 0 Å². The second-order valence-electron chi connectivity index (χ2n) is 5.97. The molecule has 1 unspecified atom stereocenters. The Balaban J connectivity index is 1.57.